The smallest absolute Gasteiger partial charge is 0.236 e. The van der Waals surface area contributed by atoms with E-state index < -0.39 is 53.2 Å². The molecule has 1 amide bonds. The fraction of sp³-hybridized carbons (Fsp3) is 0.536. The second kappa shape index (κ2) is 10.7. The minimum Gasteiger partial charge on any atom is -0.507 e. The first-order chi connectivity index (χ1) is 19.1. The number of phenols is 2. The third-order valence-corrected chi connectivity index (χ3v) is 8.20. The highest BCUT2D eigenvalue weighted by molar-refractivity contribution is 6.24. The number of ether oxygens (including phenoxy) is 2. The quantitative estimate of drug-likeness (QED) is 0.192. The van der Waals surface area contributed by atoms with Crippen molar-refractivity contribution in [2.75, 3.05) is 41.4 Å². The molecule has 1 aliphatic carbocycles. The minimum atomic E-state index is -1.99. The average molecular weight is 575 g/mol. The molecule has 2 heterocycles. The summed E-state index contributed by atoms with van der Waals surface area (Å²) in [6.07, 6.45) is -1.44. The molecule has 2 unspecified atom stereocenters. The van der Waals surface area contributed by atoms with Gasteiger partial charge in [-0.05, 0) is 41.3 Å². The Morgan fingerprint density at radius 1 is 1.15 bits per heavy atom. The summed E-state index contributed by atoms with van der Waals surface area (Å²) in [6, 6.07) is -3.07. The normalized spacial score (nSPS) is 27.0. The van der Waals surface area contributed by atoms with Crippen molar-refractivity contribution in [2.45, 2.75) is 57.1 Å². The zero-order chi connectivity index (χ0) is 30.7. The predicted molar refractivity (Wildman–Crippen MR) is 146 cm³/mol. The van der Waals surface area contributed by atoms with E-state index in [-0.39, 0.29) is 70.2 Å². The number of aliphatic hydroxyl groups excluding tert-OH is 1. The second-order valence-electron chi connectivity index (χ2n) is 11.1. The number of Topliss-reactive ketones (excluding diaryl/α,β-unsaturated/α-hetero) is 2. The van der Waals surface area contributed by atoms with Crippen LogP contribution in [0.4, 0.5) is 0 Å². The number of phenolic OH excluding ortho intramolecular Hbond substituents is 2. The van der Waals surface area contributed by atoms with Gasteiger partial charge in [0, 0.05) is 59.7 Å². The van der Waals surface area contributed by atoms with Gasteiger partial charge in [-0.15, -0.1) is 0 Å². The van der Waals surface area contributed by atoms with Crippen LogP contribution in [0.2, 0.25) is 0 Å². The Morgan fingerprint density at radius 2 is 1.78 bits per heavy atom. The molecule has 0 saturated heterocycles. The number of fused-ring (bicyclic) bond motifs is 3. The van der Waals surface area contributed by atoms with Crippen molar-refractivity contribution in [1.82, 2.24) is 15.1 Å². The Hall–Kier alpha value is -3.49. The number of likely N-dealkylation sites (N-methyl/N-ethyl adjacent to an activating group) is 1. The van der Waals surface area contributed by atoms with Crippen molar-refractivity contribution in [3.05, 3.63) is 39.2 Å². The molecular formula is C28H38N4O9. The number of benzene rings is 1. The fourth-order valence-electron chi connectivity index (χ4n) is 6.45. The molecule has 1 aromatic carbocycles. The van der Waals surface area contributed by atoms with Crippen LogP contribution in [0.1, 0.15) is 49.1 Å². The number of aliphatic hydroxyl groups is 2. The van der Waals surface area contributed by atoms with Crippen LogP contribution < -0.4 is 15.8 Å². The third-order valence-electron chi connectivity index (χ3n) is 8.20. The SMILES string of the molecule is COc1c(C)c(O)c2c(c1O)[C@@H]1CC3=C(C(=O)C(O)=C(C)C3=O)C(CNC(=O)C(C)N)N1[C@](O)(CN(C)C)[C@H]2OC. The molecule has 2 aliphatic heterocycles. The van der Waals surface area contributed by atoms with Crippen molar-refractivity contribution in [3.63, 3.8) is 0 Å². The van der Waals surface area contributed by atoms with Gasteiger partial charge in [0.1, 0.15) is 11.9 Å². The molecule has 0 radical (unpaired) electrons. The number of methoxy groups -OCH3 is 2. The maximum atomic E-state index is 13.6. The van der Waals surface area contributed by atoms with Gasteiger partial charge in [-0.1, -0.05) is 0 Å². The van der Waals surface area contributed by atoms with Crippen LogP contribution >= 0.6 is 0 Å². The van der Waals surface area contributed by atoms with E-state index in [2.05, 4.69) is 5.32 Å². The summed E-state index contributed by atoms with van der Waals surface area (Å²) in [5.74, 6) is -3.24. The lowest BCUT2D eigenvalue weighted by molar-refractivity contribution is -0.234. The van der Waals surface area contributed by atoms with E-state index in [0.717, 1.165) is 0 Å². The number of hydrogen-bond donors (Lipinski definition) is 6. The standard InChI is InChI=1S/C28H38N4O9/c1-11-20(33)14-8-15-18-19(21(34)12(2)25(40-6)24(18)37)26(41-7)28(39,10-31(4)5)32(15)16(9-30-27(38)13(3)29)17(14)23(36)22(11)35/h13,15-16,26,34-35,37,39H,8-10,29H2,1-7H3,(H,30,38)/t13?,15-,16?,26-,28-/m0/s1. The molecule has 1 aromatic rings. The number of hydrogen-bond acceptors (Lipinski definition) is 12. The maximum absolute atomic E-state index is 13.6. The van der Waals surface area contributed by atoms with Crippen molar-refractivity contribution in [1.29, 1.82) is 0 Å². The molecule has 13 heteroatoms. The van der Waals surface area contributed by atoms with Crippen LogP contribution in [0.3, 0.4) is 0 Å². The summed E-state index contributed by atoms with van der Waals surface area (Å²) in [6.45, 7) is 4.00. The average Bonchev–Trinajstić information content (AvgIpc) is 2.91. The number of carbonyl (C=O) groups excluding carboxylic acids is 3. The van der Waals surface area contributed by atoms with Crippen molar-refractivity contribution >= 4 is 17.5 Å². The monoisotopic (exact) mass is 574 g/mol. The number of nitrogens with one attached hydrogen (secondary N) is 1. The van der Waals surface area contributed by atoms with Gasteiger partial charge >= 0.3 is 0 Å². The Bertz CT molecular complexity index is 1380. The molecule has 3 aliphatic rings. The van der Waals surface area contributed by atoms with Crippen LogP contribution in [0.15, 0.2) is 22.5 Å². The van der Waals surface area contributed by atoms with E-state index in [0.29, 0.717) is 0 Å². The summed E-state index contributed by atoms with van der Waals surface area (Å²) in [7, 11) is 6.08. The summed E-state index contributed by atoms with van der Waals surface area (Å²) in [5.41, 5.74) is 4.09. The molecule has 0 spiro atoms. The molecule has 5 atom stereocenters. The largest absolute Gasteiger partial charge is 0.507 e. The molecule has 7 N–H and O–H groups in total. The van der Waals surface area contributed by atoms with Gasteiger partial charge in [0.25, 0.3) is 0 Å². The van der Waals surface area contributed by atoms with Crippen molar-refractivity contribution in [2.24, 2.45) is 5.73 Å². The molecule has 0 aromatic heterocycles. The Labute approximate surface area is 237 Å². The lowest BCUT2D eigenvalue weighted by Crippen LogP contribution is -2.69. The maximum Gasteiger partial charge on any atom is 0.236 e. The molecule has 41 heavy (non-hydrogen) atoms. The first-order valence-electron chi connectivity index (χ1n) is 13.2. The first-order valence-corrected chi connectivity index (χ1v) is 13.2. The first kappa shape index (κ1) is 30.5. The van der Waals surface area contributed by atoms with Gasteiger partial charge in [-0.25, -0.2) is 0 Å². The fourth-order valence-corrected chi connectivity index (χ4v) is 6.45. The van der Waals surface area contributed by atoms with Gasteiger partial charge in [-0.2, -0.15) is 0 Å². The number of nitrogens with zero attached hydrogens (tertiary/aromatic N) is 2. The number of rotatable bonds is 7. The highest BCUT2D eigenvalue weighted by atomic mass is 16.5. The molecule has 0 saturated carbocycles. The van der Waals surface area contributed by atoms with Gasteiger partial charge in [0.2, 0.25) is 11.7 Å². The van der Waals surface area contributed by atoms with Crippen LogP contribution in [0, 0.1) is 6.92 Å². The minimum absolute atomic E-state index is 0.00421. The van der Waals surface area contributed by atoms with Gasteiger partial charge in [0.05, 0.1) is 19.2 Å². The lowest BCUT2D eigenvalue weighted by Gasteiger charge is -2.58. The van der Waals surface area contributed by atoms with Crippen molar-refractivity contribution in [3.8, 4) is 17.2 Å². The number of ketones is 2. The summed E-state index contributed by atoms with van der Waals surface area (Å²) >= 11 is 0. The highest BCUT2D eigenvalue weighted by Crippen LogP contribution is 2.60. The number of nitrogens with two attached hydrogens (primary N) is 1. The van der Waals surface area contributed by atoms with E-state index in [1.165, 1.54) is 33.0 Å². The molecule has 4 rings (SSSR count). The number of carbonyl (C=O) groups is 3. The molecule has 224 valence electrons. The number of allylic oxidation sites excluding steroid dienone is 2. The van der Waals surface area contributed by atoms with Crippen molar-refractivity contribution < 1.29 is 44.3 Å². The Balaban J connectivity index is 2.09. The summed E-state index contributed by atoms with van der Waals surface area (Å²) in [4.78, 5) is 42.8. The lowest BCUT2D eigenvalue weighted by atomic mass is 9.70. The Morgan fingerprint density at radius 3 is 2.32 bits per heavy atom. The van der Waals surface area contributed by atoms with Crippen LogP contribution in [-0.4, -0.2) is 107 Å². The number of aromatic hydroxyl groups is 2. The molecule has 0 fully saturated rings. The predicted octanol–water partition coefficient (Wildman–Crippen LogP) is 0.225. The van der Waals surface area contributed by atoms with E-state index >= 15 is 0 Å². The van der Waals surface area contributed by atoms with Crippen LogP contribution in [-0.2, 0) is 19.1 Å². The second-order valence-corrected chi connectivity index (χ2v) is 11.1. The van der Waals surface area contributed by atoms with E-state index in [1.54, 1.807) is 25.9 Å². The summed E-state index contributed by atoms with van der Waals surface area (Å²) < 4.78 is 11.2. The van der Waals surface area contributed by atoms with E-state index in [1.807, 2.05) is 0 Å². The zero-order valence-electron chi connectivity index (χ0n) is 24.2. The highest BCUT2D eigenvalue weighted by Gasteiger charge is 2.60. The third kappa shape index (κ3) is 4.48. The van der Waals surface area contributed by atoms with Gasteiger partial charge < -0.3 is 45.9 Å². The molecule has 0 bridgehead atoms. The van der Waals surface area contributed by atoms with Crippen LogP contribution in [0.5, 0.6) is 17.2 Å². The van der Waals surface area contributed by atoms with E-state index in [4.69, 9.17) is 15.2 Å². The molecule has 13 nitrogen and oxygen atoms in total. The summed E-state index contributed by atoms with van der Waals surface area (Å²) in [5, 5.41) is 48.8. The number of amides is 1. The zero-order valence-corrected chi connectivity index (χ0v) is 24.2. The molecular weight excluding hydrogens is 536 g/mol. The topological polar surface area (TPSA) is 195 Å². The van der Waals surface area contributed by atoms with E-state index in [9.17, 15) is 34.8 Å². The van der Waals surface area contributed by atoms with Gasteiger partial charge in [-0.3, -0.25) is 19.3 Å². The Kier molecular flexibility index (Phi) is 7.97. The van der Waals surface area contributed by atoms with Crippen LogP contribution in [0.25, 0.3) is 0 Å². The van der Waals surface area contributed by atoms with Gasteiger partial charge in [0.15, 0.2) is 28.8 Å².